The number of nitrogens with zero attached hydrogens (tertiary/aromatic N) is 1. The number of unbranched alkanes of at least 4 members (excludes halogenated alkanes) is 2. The molecule has 2 amide bonds. The molecule has 1 aromatic heterocycles. The second kappa shape index (κ2) is 7.54. The van der Waals surface area contributed by atoms with E-state index < -0.39 is 5.97 Å². The fourth-order valence-corrected chi connectivity index (χ4v) is 1.81. The zero-order valence-electron chi connectivity index (χ0n) is 11.8. The number of aryl methyl sites for hydroxylation is 1. The van der Waals surface area contributed by atoms with Crippen molar-refractivity contribution in [2.24, 2.45) is 0 Å². The van der Waals surface area contributed by atoms with E-state index in [1.165, 1.54) is 4.90 Å². The highest BCUT2D eigenvalue weighted by atomic mass is 16.4. The van der Waals surface area contributed by atoms with Gasteiger partial charge in [-0.3, -0.25) is 0 Å². The maximum absolute atomic E-state index is 11.9. The Bertz CT molecular complexity index is 470. The standard InChI is InChI=1S/C13H21N3O4/c1-9-8-10(11(14-9)12(18)19)15-13(20)16(2)6-4-3-5-7-17/h8,14,17H,3-7H2,1-2H3,(H,15,20)(H,18,19). The summed E-state index contributed by atoms with van der Waals surface area (Å²) < 4.78 is 0. The second-order valence-corrected chi connectivity index (χ2v) is 4.68. The maximum Gasteiger partial charge on any atom is 0.354 e. The summed E-state index contributed by atoms with van der Waals surface area (Å²) in [6.45, 7) is 2.43. The Morgan fingerprint density at radius 2 is 2.05 bits per heavy atom. The van der Waals surface area contributed by atoms with E-state index >= 15 is 0 Å². The number of aliphatic hydroxyl groups is 1. The lowest BCUT2D eigenvalue weighted by atomic mass is 10.2. The number of aromatic nitrogens is 1. The van der Waals surface area contributed by atoms with Gasteiger partial charge in [-0.15, -0.1) is 0 Å². The van der Waals surface area contributed by atoms with Crippen LogP contribution < -0.4 is 5.32 Å². The van der Waals surface area contributed by atoms with Crippen molar-refractivity contribution in [3.8, 4) is 0 Å². The zero-order valence-corrected chi connectivity index (χ0v) is 11.8. The lowest BCUT2D eigenvalue weighted by Crippen LogP contribution is -2.32. The quantitative estimate of drug-likeness (QED) is 0.571. The number of aliphatic hydroxyl groups excluding tert-OH is 1. The second-order valence-electron chi connectivity index (χ2n) is 4.68. The molecule has 7 heteroatoms. The van der Waals surface area contributed by atoms with Gasteiger partial charge >= 0.3 is 12.0 Å². The maximum atomic E-state index is 11.9. The minimum absolute atomic E-state index is 0.0236. The van der Waals surface area contributed by atoms with Gasteiger partial charge in [-0.05, 0) is 32.3 Å². The van der Waals surface area contributed by atoms with E-state index in [0.717, 1.165) is 19.3 Å². The molecule has 0 atom stereocenters. The first-order chi connectivity index (χ1) is 9.45. The van der Waals surface area contributed by atoms with Crippen LogP contribution in [0, 0.1) is 6.92 Å². The number of carbonyl (C=O) groups is 2. The van der Waals surface area contributed by atoms with Gasteiger partial charge in [0.1, 0.15) is 5.69 Å². The molecule has 0 aliphatic heterocycles. The van der Waals surface area contributed by atoms with E-state index in [1.807, 2.05) is 0 Å². The number of anilines is 1. The molecule has 0 saturated carbocycles. The van der Waals surface area contributed by atoms with Crippen molar-refractivity contribution < 1.29 is 19.8 Å². The van der Waals surface area contributed by atoms with Gasteiger partial charge in [-0.2, -0.15) is 0 Å². The van der Waals surface area contributed by atoms with Crippen LogP contribution in [0.4, 0.5) is 10.5 Å². The number of carboxylic acids is 1. The summed E-state index contributed by atoms with van der Waals surface area (Å²) in [5.74, 6) is -1.11. The van der Waals surface area contributed by atoms with Gasteiger partial charge < -0.3 is 25.4 Å². The third-order valence-corrected chi connectivity index (χ3v) is 2.91. The molecule has 112 valence electrons. The monoisotopic (exact) mass is 283 g/mol. The number of amides is 2. The minimum atomic E-state index is -1.11. The van der Waals surface area contributed by atoms with Crippen LogP contribution in [-0.2, 0) is 0 Å². The molecule has 0 fully saturated rings. The van der Waals surface area contributed by atoms with Crippen molar-refractivity contribution in [1.29, 1.82) is 0 Å². The fraction of sp³-hybridized carbons (Fsp3) is 0.538. The van der Waals surface area contributed by atoms with Crippen LogP contribution in [0.2, 0.25) is 0 Å². The van der Waals surface area contributed by atoms with E-state index in [-0.39, 0.29) is 24.0 Å². The highest BCUT2D eigenvalue weighted by molar-refractivity contribution is 5.99. The third kappa shape index (κ3) is 4.58. The zero-order chi connectivity index (χ0) is 15.1. The van der Waals surface area contributed by atoms with Gasteiger partial charge in [0.15, 0.2) is 0 Å². The molecule has 0 aromatic carbocycles. The summed E-state index contributed by atoms with van der Waals surface area (Å²) in [4.78, 5) is 27.1. The molecule has 0 bridgehead atoms. The SMILES string of the molecule is Cc1cc(NC(=O)N(C)CCCCCO)c(C(=O)O)[nH]1. The Balaban J connectivity index is 2.55. The van der Waals surface area contributed by atoms with E-state index in [2.05, 4.69) is 10.3 Å². The number of urea groups is 1. The Hall–Kier alpha value is -2.02. The Morgan fingerprint density at radius 3 is 2.65 bits per heavy atom. The van der Waals surface area contributed by atoms with Crippen LogP contribution in [0.25, 0.3) is 0 Å². The third-order valence-electron chi connectivity index (χ3n) is 2.91. The van der Waals surface area contributed by atoms with Crippen molar-refractivity contribution >= 4 is 17.7 Å². The number of rotatable bonds is 7. The van der Waals surface area contributed by atoms with Gasteiger partial charge in [-0.1, -0.05) is 0 Å². The minimum Gasteiger partial charge on any atom is -0.477 e. The van der Waals surface area contributed by atoms with Crippen molar-refractivity contribution in [3.05, 3.63) is 17.5 Å². The number of nitrogens with one attached hydrogen (secondary N) is 2. The van der Waals surface area contributed by atoms with Gasteiger partial charge in [0.25, 0.3) is 0 Å². The normalized spacial score (nSPS) is 10.3. The molecule has 0 aliphatic rings. The summed E-state index contributed by atoms with van der Waals surface area (Å²) in [6, 6.07) is 1.23. The summed E-state index contributed by atoms with van der Waals surface area (Å²) in [5, 5.41) is 20.3. The highest BCUT2D eigenvalue weighted by Gasteiger charge is 2.16. The van der Waals surface area contributed by atoms with Crippen LogP contribution in [0.1, 0.15) is 35.4 Å². The molecular formula is C13H21N3O4. The molecule has 1 heterocycles. The van der Waals surface area contributed by atoms with Crippen LogP contribution in [0.15, 0.2) is 6.07 Å². The van der Waals surface area contributed by atoms with Gasteiger partial charge in [0.05, 0.1) is 5.69 Å². The van der Waals surface area contributed by atoms with Gasteiger partial charge in [0, 0.05) is 25.9 Å². The first-order valence-corrected chi connectivity index (χ1v) is 6.51. The first-order valence-electron chi connectivity index (χ1n) is 6.51. The van der Waals surface area contributed by atoms with Crippen molar-refractivity contribution in [3.63, 3.8) is 0 Å². The van der Waals surface area contributed by atoms with Crippen molar-refractivity contribution in [2.45, 2.75) is 26.2 Å². The van der Waals surface area contributed by atoms with Crippen LogP contribution in [0.5, 0.6) is 0 Å². The first kappa shape index (κ1) is 16.0. The average Bonchev–Trinajstić information content (AvgIpc) is 2.75. The predicted octanol–water partition coefficient (Wildman–Crippen LogP) is 1.65. The summed E-state index contributed by atoms with van der Waals surface area (Å²) >= 11 is 0. The number of hydrogen-bond acceptors (Lipinski definition) is 3. The molecule has 20 heavy (non-hydrogen) atoms. The van der Waals surface area contributed by atoms with Crippen molar-refractivity contribution in [2.75, 3.05) is 25.5 Å². The van der Waals surface area contributed by atoms with Crippen molar-refractivity contribution in [1.82, 2.24) is 9.88 Å². The Labute approximate surface area is 117 Å². The fourth-order valence-electron chi connectivity index (χ4n) is 1.81. The van der Waals surface area contributed by atoms with Gasteiger partial charge in [0.2, 0.25) is 0 Å². The average molecular weight is 283 g/mol. The summed E-state index contributed by atoms with van der Waals surface area (Å²) in [6.07, 6.45) is 2.36. The van der Waals surface area contributed by atoms with E-state index in [0.29, 0.717) is 12.2 Å². The number of carboxylic acid groups (broad SMARTS) is 1. The topological polar surface area (TPSA) is 106 Å². The van der Waals surface area contributed by atoms with E-state index in [4.69, 9.17) is 10.2 Å². The van der Waals surface area contributed by atoms with E-state index in [9.17, 15) is 9.59 Å². The molecule has 0 radical (unpaired) electrons. The number of carbonyl (C=O) groups excluding carboxylic acids is 1. The van der Waals surface area contributed by atoms with Crippen LogP contribution in [-0.4, -0.2) is 52.3 Å². The molecule has 1 rings (SSSR count). The molecule has 0 unspecified atom stereocenters. The lowest BCUT2D eigenvalue weighted by Gasteiger charge is -2.17. The summed E-state index contributed by atoms with van der Waals surface area (Å²) in [5.41, 5.74) is 0.912. The molecular weight excluding hydrogens is 262 g/mol. The number of aromatic carboxylic acids is 1. The smallest absolute Gasteiger partial charge is 0.354 e. The van der Waals surface area contributed by atoms with Gasteiger partial charge in [-0.25, -0.2) is 9.59 Å². The molecule has 7 nitrogen and oxygen atoms in total. The Kier molecular flexibility index (Phi) is 6.05. The number of aromatic amines is 1. The molecule has 1 aromatic rings. The molecule has 0 aliphatic carbocycles. The van der Waals surface area contributed by atoms with Crippen LogP contribution >= 0.6 is 0 Å². The summed E-state index contributed by atoms with van der Waals surface area (Å²) in [7, 11) is 1.65. The van der Waals surface area contributed by atoms with E-state index in [1.54, 1.807) is 20.0 Å². The number of hydrogen-bond donors (Lipinski definition) is 4. The molecule has 0 saturated heterocycles. The highest BCUT2D eigenvalue weighted by Crippen LogP contribution is 2.17. The Morgan fingerprint density at radius 1 is 1.35 bits per heavy atom. The predicted molar refractivity (Wildman–Crippen MR) is 75.1 cm³/mol. The lowest BCUT2D eigenvalue weighted by molar-refractivity contribution is 0.0692. The molecule has 4 N–H and O–H groups in total. The number of H-pyrrole nitrogens is 1. The largest absolute Gasteiger partial charge is 0.477 e. The molecule has 0 spiro atoms. The van der Waals surface area contributed by atoms with Crippen LogP contribution in [0.3, 0.4) is 0 Å².